The number of nitrogens with zero attached hydrogens (tertiary/aromatic N) is 2. The van der Waals surface area contributed by atoms with Crippen molar-refractivity contribution in [1.82, 2.24) is 4.90 Å². The van der Waals surface area contributed by atoms with Crippen LogP contribution >= 0.6 is 0 Å². The van der Waals surface area contributed by atoms with Crippen molar-refractivity contribution >= 4 is 5.69 Å². The van der Waals surface area contributed by atoms with E-state index in [2.05, 4.69) is 41.8 Å². The van der Waals surface area contributed by atoms with Crippen LogP contribution in [0, 0.1) is 5.41 Å². The Kier molecular flexibility index (Phi) is 4.89. The van der Waals surface area contributed by atoms with E-state index in [0.717, 1.165) is 45.0 Å². The van der Waals surface area contributed by atoms with Crippen molar-refractivity contribution in [2.45, 2.75) is 13.8 Å². The van der Waals surface area contributed by atoms with Gasteiger partial charge in [0.1, 0.15) is 5.75 Å². The fourth-order valence-electron chi connectivity index (χ4n) is 2.64. The number of benzene rings is 1. The Morgan fingerprint density at radius 1 is 1.20 bits per heavy atom. The molecule has 4 heteroatoms. The zero-order valence-electron chi connectivity index (χ0n) is 12.9. The third-order valence-electron chi connectivity index (χ3n) is 3.99. The summed E-state index contributed by atoms with van der Waals surface area (Å²) in [6, 6.07) is 8.31. The van der Waals surface area contributed by atoms with E-state index in [1.165, 1.54) is 5.69 Å². The molecule has 2 rings (SSSR count). The Morgan fingerprint density at radius 3 is 2.50 bits per heavy atom. The van der Waals surface area contributed by atoms with Gasteiger partial charge in [0, 0.05) is 44.5 Å². The van der Waals surface area contributed by atoms with Gasteiger partial charge in [0.25, 0.3) is 0 Å². The van der Waals surface area contributed by atoms with Crippen LogP contribution in [0.4, 0.5) is 5.69 Å². The Hall–Kier alpha value is -1.26. The minimum absolute atomic E-state index is 0.206. The zero-order chi connectivity index (χ0) is 14.6. The molecule has 20 heavy (non-hydrogen) atoms. The van der Waals surface area contributed by atoms with Gasteiger partial charge in [-0.3, -0.25) is 4.90 Å². The van der Waals surface area contributed by atoms with Crippen LogP contribution in [0.15, 0.2) is 24.3 Å². The minimum atomic E-state index is 0.206. The Labute approximate surface area is 122 Å². The van der Waals surface area contributed by atoms with Crippen LogP contribution in [0.5, 0.6) is 5.75 Å². The third-order valence-corrected chi connectivity index (χ3v) is 3.99. The Balaban J connectivity index is 1.90. The van der Waals surface area contributed by atoms with Gasteiger partial charge in [0.15, 0.2) is 0 Å². The molecule has 112 valence electrons. The molecule has 0 saturated carbocycles. The molecule has 1 heterocycles. The van der Waals surface area contributed by atoms with Crippen LogP contribution in [0.3, 0.4) is 0 Å². The van der Waals surface area contributed by atoms with Crippen LogP contribution in [-0.4, -0.2) is 51.3 Å². The van der Waals surface area contributed by atoms with E-state index in [1.807, 2.05) is 6.07 Å². The summed E-state index contributed by atoms with van der Waals surface area (Å²) >= 11 is 0. The van der Waals surface area contributed by atoms with Crippen molar-refractivity contribution in [3.63, 3.8) is 0 Å². The highest BCUT2D eigenvalue weighted by atomic mass is 16.5. The number of piperazine rings is 1. The Morgan fingerprint density at radius 2 is 1.90 bits per heavy atom. The molecule has 1 aromatic rings. The van der Waals surface area contributed by atoms with Crippen LogP contribution in [0.1, 0.15) is 13.8 Å². The maximum absolute atomic E-state index is 5.82. The largest absolute Gasteiger partial charge is 0.497 e. The maximum atomic E-state index is 5.82. The first-order valence-electron chi connectivity index (χ1n) is 7.35. The van der Waals surface area contributed by atoms with Gasteiger partial charge in [-0.1, -0.05) is 19.9 Å². The average Bonchev–Trinajstić information content (AvgIpc) is 2.48. The third kappa shape index (κ3) is 3.87. The molecule has 1 aliphatic rings. The summed E-state index contributed by atoms with van der Waals surface area (Å²) in [6.45, 7) is 10.6. The lowest BCUT2D eigenvalue weighted by Crippen LogP contribution is -2.50. The predicted octanol–water partition coefficient (Wildman–Crippen LogP) is 1.80. The van der Waals surface area contributed by atoms with E-state index in [0.29, 0.717) is 0 Å². The van der Waals surface area contributed by atoms with E-state index in [4.69, 9.17) is 10.5 Å². The molecule has 1 fully saturated rings. The highest BCUT2D eigenvalue weighted by Gasteiger charge is 2.23. The van der Waals surface area contributed by atoms with Crippen LogP contribution in [0.25, 0.3) is 0 Å². The summed E-state index contributed by atoms with van der Waals surface area (Å²) in [7, 11) is 1.71. The molecule has 0 unspecified atom stereocenters. The second-order valence-corrected chi connectivity index (χ2v) is 6.33. The first kappa shape index (κ1) is 15.1. The normalized spacial score (nSPS) is 17.3. The molecule has 0 spiro atoms. The van der Waals surface area contributed by atoms with Crippen LogP contribution in [-0.2, 0) is 0 Å². The minimum Gasteiger partial charge on any atom is -0.497 e. The fraction of sp³-hybridized carbons (Fsp3) is 0.625. The van der Waals surface area contributed by atoms with E-state index >= 15 is 0 Å². The molecule has 1 aliphatic heterocycles. The van der Waals surface area contributed by atoms with Crippen LogP contribution in [0.2, 0.25) is 0 Å². The lowest BCUT2D eigenvalue weighted by atomic mass is 9.93. The van der Waals surface area contributed by atoms with Gasteiger partial charge < -0.3 is 15.4 Å². The van der Waals surface area contributed by atoms with E-state index < -0.39 is 0 Å². The molecule has 0 amide bonds. The molecule has 0 aromatic heterocycles. The highest BCUT2D eigenvalue weighted by molar-refractivity contribution is 5.51. The average molecular weight is 277 g/mol. The predicted molar refractivity (Wildman–Crippen MR) is 84.5 cm³/mol. The number of hydrogen-bond donors (Lipinski definition) is 1. The lowest BCUT2D eigenvalue weighted by molar-refractivity contribution is 0.174. The molecular weight excluding hydrogens is 250 g/mol. The molecule has 4 nitrogen and oxygen atoms in total. The molecule has 0 bridgehead atoms. The summed E-state index contributed by atoms with van der Waals surface area (Å²) in [5.74, 6) is 0.925. The van der Waals surface area contributed by atoms with Crippen molar-refractivity contribution in [2.75, 3.05) is 51.3 Å². The van der Waals surface area contributed by atoms with Crippen molar-refractivity contribution in [3.05, 3.63) is 24.3 Å². The van der Waals surface area contributed by atoms with Crippen molar-refractivity contribution < 1.29 is 4.74 Å². The van der Waals surface area contributed by atoms with E-state index in [-0.39, 0.29) is 5.41 Å². The summed E-state index contributed by atoms with van der Waals surface area (Å²) in [4.78, 5) is 4.94. The SMILES string of the molecule is COc1cccc(N2CCN(CC(C)(C)CN)CC2)c1. The molecule has 0 radical (unpaired) electrons. The summed E-state index contributed by atoms with van der Waals surface area (Å²) in [5.41, 5.74) is 7.28. The van der Waals surface area contributed by atoms with Crippen molar-refractivity contribution in [3.8, 4) is 5.75 Å². The molecule has 2 N–H and O–H groups in total. The number of nitrogens with two attached hydrogens (primary N) is 1. The van der Waals surface area contributed by atoms with Gasteiger partial charge in [-0.2, -0.15) is 0 Å². The van der Waals surface area contributed by atoms with Gasteiger partial charge in [-0.15, -0.1) is 0 Å². The van der Waals surface area contributed by atoms with E-state index in [1.54, 1.807) is 7.11 Å². The number of hydrogen-bond acceptors (Lipinski definition) is 4. The molecule has 1 aromatic carbocycles. The Bertz CT molecular complexity index is 425. The monoisotopic (exact) mass is 277 g/mol. The molecule has 0 aliphatic carbocycles. The molecule has 1 saturated heterocycles. The number of rotatable bonds is 5. The van der Waals surface area contributed by atoms with E-state index in [9.17, 15) is 0 Å². The van der Waals surface area contributed by atoms with Crippen LogP contribution < -0.4 is 15.4 Å². The smallest absolute Gasteiger partial charge is 0.120 e. The topological polar surface area (TPSA) is 41.7 Å². The second kappa shape index (κ2) is 6.46. The molecular formula is C16H27N3O. The van der Waals surface area contributed by atoms with Crippen molar-refractivity contribution in [2.24, 2.45) is 11.1 Å². The standard InChI is InChI=1S/C16H27N3O/c1-16(2,12-17)13-18-7-9-19(10-8-18)14-5-4-6-15(11-14)20-3/h4-6,11H,7-10,12-13,17H2,1-3H3. The summed E-state index contributed by atoms with van der Waals surface area (Å²) in [6.07, 6.45) is 0. The van der Waals surface area contributed by atoms with Gasteiger partial charge in [-0.25, -0.2) is 0 Å². The number of methoxy groups -OCH3 is 1. The van der Waals surface area contributed by atoms with Gasteiger partial charge in [0.05, 0.1) is 7.11 Å². The first-order chi connectivity index (χ1) is 9.54. The van der Waals surface area contributed by atoms with Gasteiger partial charge in [0.2, 0.25) is 0 Å². The number of anilines is 1. The lowest BCUT2D eigenvalue weighted by Gasteiger charge is -2.39. The number of ether oxygens (including phenoxy) is 1. The van der Waals surface area contributed by atoms with Gasteiger partial charge >= 0.3 is 0 Å². The second-order valence-electron chi connectivity index (χ2n) is 6.33. The fourth-order valence-corrected chi connectivity index (χ4v) is 2.64. The quantitative estimate of drug-likeness (QED) is 0.891. The summed E-state index contributed by atoms with van der Waals surface area (Å²) in [5, 5.41) is 0. The van der Waals surface area contributed by atoms with Crippen molar-refractivity contribution in [1.29, 1.82) is 0 Å². The highest BCUT2D eigenvalue weighted by Crippen LogP contribution is 2.23. The maximum Gasteiger partial charge on any atom is 0.120 e. The molecule has 0 atom stereocenters. The van der Waals surface area contributed by atoms with Gasteiger partial charge in [-0.05, 0) is 24.1 Å². The summed E-state index contributed by atoms with van der Waals surface area (Å²) < 4.78 is 5.30. The zero-order valence-corrected chi connectivity index (χ0v) is 12.9. The first-order valence-corrected chi connectivity index (χ1v) is 7.35.